The molecule has 0 aliphatic heterocycles. The Bertz CT molecular complexity index is 1210. The zero-order valence-corrected chi connectivity index (χ0v) is 17.9. The van der Waals surface area contributed by atoms with Crippen LogP contribution in [0.15, 0.2) is 102 Å². The highest BCUT2D eigenvalue weighted by Crippen LogP contribution is 2.26. The quantitative estimate of drug-likeness (QED) is 0.360. The smallest absolute Gasteiger partial charge is 0.255 e. The highest BCUT2D eigenvalue weighted by Gasteiger charge is 2.15. The number of hydrogen-bond donors (Lipinski definition) is 2. The van der Waals surface area contributed by atoms with E-state index < -0.39 is 0 Å². The van der Waals surface area contributed by atoms with Crippen LogP contribution in [0, 0.1) is 0 Å². The van der Waals surface area contributed by atoms with Crippen LogP contribution in [0.1, 0.15) is 17.3 Å². The van der Waals surface area contributed by atoms with Gasteiger partial charge in [0.2, 0.25) is 5.91 Å². The largest absolute Gasteiger partial charge is 0.325 e. The van der Waals surface area contributed by atoms with Gasteiger partial charge in [0, 0.05) is 21.8 Å². The minimum Gasteiger partial charge on any atom is -0.325 e. The third kappa shape index (κ3) is 5.32. The number of nitrogens with one attached hydrogen (secondary N) is 2. The first-order chi connectivity index (χ1) is 15.1. The zero-order valence-electron chi connectivity index (χ0n) is 17.0. The van der Waals surface area contributed by atoms with Gasteiger partial charge < -0.3 is 10.6 Å². The summed E-state index contributed by atoms with van der Waals surface area (Å²) in [5.74, 6) is -0.202. The van der Waals surface area contributed by atoms with Crippen LogP contribution < -0.4 is 10.6 Å². The molecule has 0 fully saturated rings. The molecule has 2 N–H and O–H groups in total. The molecule has 4 rings (SSSR count). The number of amides is 2. The molecule has 0 radical (unpaired) electrons. The van der Waals surface area contributed by atoms with E-state index in [0.29, 0.717) is 11.3 Å². The number of benzene rings is 4. The second-order valence-corrected chi connectivity index (χ2v) is 8.57. The number of para-hydroxylation sites is 1. The van der Waals surface area contributed by atoms with Gasteiger partial charge in [0.15, 0.2) is 0 Å². The maximum atomic E-state index is 12.6. The molecule has 4 aromatic rings. The normalized spacial score (nSPS) is 11.6. The van der Waals surface area contributed by atoms with E-state index in [0.717, 1.165) is 21.4 Å². The van der Waals surface area contributed by atoms with Gasteiger partial charge in [0.25, 0.3) is 5.91 Å². The Morgan fingerprint density at radius 3 is 2.10 bits per heavy atom. The van der Waals surface area contributed by atoms with Crippen molar-refractivity contribution in [1.82, 2.24) is 0 Å². The third-order valence-corrected chi connectivity index (χ3v) is 5.96. The first kappa shape index (κ1) is 20.7. The summed E-state index contributed by atoms with van der Waals surface area (Å²) in [6.07, 6.45) is 0. The molecule has 0 bridgehead atoms. The van der Waals surface area contributed by atoms with Crippen LogP contribution in [0.4, 0.5) is 11.4 Å². The first-order valence-electron chi connectivity index (χ1n) is 10.0. The Labute approximate surface area is 185 Å². The predicted octanol–water partition coefficient (Wildman–Crippen LogP) is 6.21. The Kier molecular flexibility index (Phi) is 6.34. The van der Waals surface area contributed by atoms with Crippen LogP contribution in [0.5, 0.6) is 0 Å². The van der Waals surface area contributed by atoms with Crippen LogP contribution in [0.25, 0.3) is 10.8 Å². The first-order valence-corrected chi connectivity index (χ1v) is 10.9. The van der Waals surface area contributed by atoms with Crippen molar-refractivity contribution >= 4 is 45.7 Å². The van der Waals surface area contributed by atoms with Crippen LogP contribution >= 0.6 is 11.8 Å². The summed E-state index contributed by atoms with van der Waals surface area (Å²) in [7, 11) is 0. The third-order valence-electron chi connectivity index (χ3n) is 4.85. The van der Waals surface area contributed by atoms with E-state index in [9.17, 15) is 9.59 Å². The van der Waals surface area contributed by atoms with Gasteiger partial charge in [-0.05, 0) is 66.2 Å². The van der Waals surface area contributed by atoms with E-state index in [4.69, 9.17) is 0 Å². The van der Waals surface area contributed by atoms with Gasteiger partial charge in [0.1, 0.15) is 0 Å². The Hall–Kier alpha value is -3.57. The van der Waals surface area contributed by atoms with Gasteiger partial charge in [-0.2, -0.15) is 0 Å². The minimum absolute atomic E-state index is 0.0510. The molecule has 154 valence electrons. The highest BCUT2D eigenvalue weighted by atomic mass is 32.2. The maximum absolute atomic E-state index is 12.6. The Balaban J connectivity index is 1.36. The molecule has 0 saturated carbocycles. The molecule has 1 atom stereocenters. The van der Waals surface area contributed by atoms with Crippen molar-refractivity contribution in [3.05, 3.63) is 103 Å². The fourth-order valence-corrected chi connectivity index (χ4v) is 4.04. The zero-order chi connectivity index (χ0) is 21.6. The van der Waals surface area contributed by atoms with Crippen molar-refractivity contribution in [3.8, 4) is 0 Å². The van der Waals surface area contributed by atoms with Gasteiger partial charge in [-0.1, -0.05) is 48.5 Å². The second-order valence-electron chi connectivity index (χ2n) is 7.16. The second kappa shape index (κ2) is 9.49. The van der Waals surface area contributed by atoms with Gasteiger partial charge in [-0.15, -0.1) is 11.8 Å². The van der Waals surface area contributed by atoms with Crippen molar-refractivity contribution < 1.29 is 9.59 Å². The van der Waals surface area contributed by atoms with E-state index in [1.165, 1.54) is 11.8 Å². The van der Waals surface area contributed by atoms with Gasteiger partial charge in [-0.25, -0.2) is 0 Å². The van der Waals surface area contributed by atoms with Crippen molar-refractivity contribution in [1.29, 1.82) is 0 Å². The van der Waals surface area contributed by atoms with Crippen LogP contribution in [-0.2, 0) is 4.79 Å². The molecule has 31 heavy (non-hydrogen) atoms. The summed E-state index contributed by atoms with van der Waals surface area (Å²) >= 11 is 1.47. The number of thioether (sulfide) groups is 1. The lowest BCUT2D eigenvalue weighted by atomic mass is 10.1. The van der Waals surface area contributed by atoms with Crippen LogP contribution in [0.2, 0.25) is 0 Å². The minimum atomic E-state index is -0.252. The van der Waals surface area contributed by atoms with Crippen molar-refractivity contribution in [2.24, 2.45) is 0 Å². The maximum Gasteiger partial charge on any atom is 0.255 e. The standard InChI is InChI=1S/C26H22N2O2S/c1-18(25(29)27-22-9-3-2-4-10-22)31-24-15-13-23(14-16-24)28-26(30)21-12-11-19-7-5-6-8-20(19)17-21/h2-18H,1H3,(H,27,29)(H,28,30). The van der Waals surface area contributed by atoms with Crippen molar-refractivity contribution in [3.63, 3.8) is 0 Å². The predicted molar refractivity (Wildman–Crippen MR) is 129 cm³/mol. The van der Waals surface area contributed by atoms with Gasteiger partial charge >= 0.3 is 0 Å². The average molecular weight is 427 g/mol. The SMILES string of the molecule is CC(Sc1ccc(NC(=O)c2ccc3ccccc3c2)cc1)C(=O)Nc1ccccc1. The molecule has 0 heterocycles. The number of carbonyl (C=O) groups excluding carboxylic acids is 2. The number of carbonyl (C=O) groups is 2. The van der Waals surface area contributed by atoms with Gasteiger partial charge in [-0.3, -0.25) is 9.59 Å². The van der Waals surface area contributed by atoms with Crippen LogP contribution in [-0.4, -0.2) is 17.1 Å². The number of anilines is 2. The summed E-state index contributed by atoms with van der Waals surface area (Å²) < 4.78 is 0. The summed E-state index contributed by atoms with van der Waals surface area (Å²) in [5.41, 5.74) is 2.11. The highest BCUT2D eigenvalue weighted by molar-refractivity contribution is 8.00. The van der Waals surface area contributed by atoms with E-state index in [1.54, 1.807) is 0 Å². The summed E-state index contributed by atoms with van der Waals surface area (Å²) in [6.45, 7) is 1.87. The topological polar surface area (TPSA) is 58.2 Å². The van der Waals surface area contributed by atoms with Crippen molar-refractivity contribution in [2.45, 2.75) is 17.1 Å². The number of rotatable bonds is 6. The van der Waals surface area contributed by atoms with E-state index >= 15 is 0 Å². The molecule has 0 saturated heterocycles. The number of hydrogen-bond acceptors (Lipinski definition) is 3. The van der Waals surface area contributed by atoms with Gasteiger partial charge in [0.05, 0.1) is 5.25 Å². The lowest BCUT2D eigenvalue weighted by molar-refractivity contribution is -0.115. The fraction of sp³-hybridized carbons (Fsp3) is 0.0769. The fourth-order valence-electron chi connectivity index (χ4n) is 3.17. The molecule has 1 unspecified atom stereocenters. The molecular weight excluding hydrogens is 404 g/mol. The summed E-state index contributed by atoms with van der Waals surface area (Å²) in [6, 6.07) is 30.6. The lowest BCUT2D eigenvalue weighted by Crippen LogP contribution is -2.22. The molecule has 0 aromatic heterocycles. The molecule has 4 aromatic carbocycles. The van der Waals surface area contributed by atoms with Crippen molar-refractivity contribution in [2.75, 3.05) is 10.6 Å². The molecule has 2 amide bonds. The molecule has 0 aliphatic carbocycles. The molecule has 4 nitrogen and oxygen atoms in total. The molecule has 0 spiro atoms. The Morgan fingerprint density at radius 2 is 1.35 bits per heavy atom. The Morgan fingerprint density at radius 1 is 0.710 bits per heavy atom. The molecule has 0 aliphatic rings. The van der Waals surface area contributed by atoms with Crippen LogP contribution in [0.3, 0.4) is 0 Å². The van der Waals surface area contributed by atoms with E-state index in [1.807, 2.05) is 104 Å². The summed E-state index contributed by atoms with van der Waals surface area (Å²) in [4.78, 5) is 26.0. The average Bonchev–Trinajstić information content (AvgIpc) is 2.80. The van der Waals surface area contributed by atoms with E-state index in [2.05, 4.69) is 10.6 Å². The number of fused-ring (bicyclic) bond motifs is 1. The molecular formula is C26H22N2O2S. The lowest BCUT2D eigenvalue weighted by Gasteiger charge is -2.12. The molecule has 5 heteroatoms. The van der Waals surface area contributed by atoms with E-state index in [-0.39, 0.29) is 17.1 Å². The summed E-state index contributed by atoms with van der Waals surface area (Å²) in [5, 5.41) is 7.73. The monoisotopic (exact) mass is 426 g/mol.